The number of likely N-dealkylation sites (tertiary alicyclic amines) is 2. The van der Waals surface area contributed by atoms with Gasteiger partial charge in [0.25, 0.3) is 0 Å². The fourth-order valence-electron chi connectivity index (χ4n) is 4.14. The van der Waals surface area contributed by atoms with Crippen molar-refractivity contribution < 1.29 is 9.59 Å². The van der Waals surface area contributed by atoms with E-state index in [1.165, 1.54) is 38.8 Å². The van der Waals surface area contributed by atoms with Crippen molar-refractivity contribution in [2.24, 2.45) is 5.92 Å². The quantitative estimate of drug-likeness (QED) is 0.754. The maximum Gasteiger partial charge on any atom is 0.225 e. The van der Waals surface area contributed by atoms with Crippen LogP contribution in [0.25, 0.3) is 0 Å². The standard InChI is InChI=1S/C17H29N3O2/c21-16-12-14(13-20(16)15-6-1-2-7-15)17(22)18-8-5-11-19-9-3-4-10-19/h14-15H,1-13H2,(H,18,22)/t14-/m1/s1. The lowest BCUT2D eigenvalue weighted by Crippen LogP contribution is -2.37. The van der Waals surface area contributed by atoms with Crippen LogP contribution in [0.15, 0.2) is 0 Å². The fraction of sp³-hybridized carbons (Fsp3) is 0.882. The molecule has 5 nitrogen and oxygen atoms in total. The van der Waals surface area contributed by atoms with Gasteiger partial charge in [-0.15, -0.1) is 0 Å². The van der Waals surface area contributed by atoms with Crippen molar-refractivity contribution in [1.82, 2.24) is 15.1 Å². The molecule has 22 heavy (non-hydrogen) atoms. The molecular weight excluding hydrogens is 278 g/mol. The van der Waals surface area contributed by atoms with Gasteiger partial charge >= 0.3 is 0 Å². The highest BCUT2D eigenvalue weighted by molar-refractivity contribution is 5.89. The average molecular weight is 307 g/mol. The van der Waals surface area contributed by atoms with E-state index in [4.69, 9.17) is 0 Å². The highest BCUT2D eigenvalue weighted by atomic mass is 16.2. The van der Waals surface area contributed by atoms with Crippen LogP contribution in [-0.2, 0) is 9.59 Å². The van der Waals surface area contributed by atoms with E-state index in [-0.39, 0.29) is 17.7 Å². The van der Waals surface area contributed by atoms with E-state index in [1.807, 2.05) is 4.90 Å². The molecule has 1 N–H and O–H groups in total. The third kappa shape index (κ3) is 3.80. The molecule has 3 fully saturated rings. The van der Waals surface area contributed by atoms with Crippen molar-refractivity contribution >= 4 is 11.8 Å². The molecule has 2 heterocycles. The Morgan fingerprint density at radius 2 is 1.86 bits per heavy atom. The number of carbonyl (C=O) groups excluding carboxylic acids is 2. The SMILES string of the molecule is O=C(NCCCN1CCCC1)[C@@H]1CC(=O)N(C2CCCC2)C1. The van der Waals surface area contributed by atoms with Gasteiger partial charge in [0.05, 0.1) is 5.92 Å². The Morgan fingerprint density at radius 1 is 1.14 bits per heavy atom. The van der Waals surface area contributed by atoms with E-state index in [2.05, 4.69) is 10.2 Å². The van der Waals surface area contributed by atoms with Gasteiger partial charge in [-0.2, -0.15) is 0 Å². The summed E-state index contributed by atoms with van der Waals surface area (Å²) in [6.07, 6.45) is 8.74. The summed E-state index contributed by atoms with van der Waals surface area (Å²) in [5.41, 5.74) is 0. The predicted molar refractivity (Wildman–Crippen MR) is 85.4 cm³/mol. The van der Waals surface area contributed by atoms with E-state index in [1.54, 1.807) is 0 Å². The maximum atomic E-state index is 12.2. The molecule has 0 aromatic rings. The van der Waals surface area contributed by atoms with Crippen molar-refractivity contribution in [3.63, 3.8) is 0 Å². The zero-order valence-corrected chi connectivity index (χ0v) is 13.6. The van der Waals surface area contributed by atoms with Gasteiger partial charge in [0, 0.05) is 25.6 Å². The number of carbonyl (C=O) groups is 2. The van der Waals surface area contributed by atoms with Gasteiger partial charge in [0.2, 0.25) is 11.8 Å². The molecule has 5 heteroatoms. The molecular formula is C17H29N3O2. The largest absolute Gasteiger partial charge is 0.356 e. The Labute approximate surface area is 133 Å². The summed E-state index contributed by atoms with van der Waals surface area (Å²) in [6.45, 7) is 4.88. The molecule has 1 aliphatic carbocycles. The monoisotopic (exact) mass is 307 g/mol. The molecule has 0 aromatic heterocycles. The predicted octanol–water partition coefficient (Wildman–Crippen LogP) is 1.38. The zero-order valence-electron chi connectivity index (χ0n) is 13.6. The first-order chi connectivity index (χ1) is 10.7. The molecule has 3 aliphatic rings. The van der Waals surface area contributed by atoms with E-state index in [0.717, 1.165) is 32.4 Å². The third-order valence-corrected chi connectivity index (χ3v) is 5.44. The third-order valence-electron chi connectivity index (χ3n) is 5.44. The lowest BCUT2D eigenvalue weighted by atomic mass is 10.1. The second-order valence-corrected chi connectivity index (χ2v) is 7.08. The summed E-state index contributed by atoms with van der Waals surface area (Å²) in [6, 6.07) is 0.403. The first kappa shape index (κ1) is 15.8. The van der Waals surface area contributed by atoms with Crippen molar-refractivity contribution in [1.29, 1.82) is 0 Å². The zero-order chi connectivity index (χ0) is 15.4. The number of hydrogen-bond acceptors (Lipinski definition) is 3. The first-order valence-electron chi connectivity index (χ1n) is 9.03. The van der Waals surface area contributed by atoms with Crippen LogP contribution in [0.4, 0.5) is 0 Å². The van der Waals surface area contributed by atoms with Gasteiger partial charge < -0.3 is 15.1 Å². The molecule has 0 spiro atoms. The summed E-state index contributed by atoms with van der Waals surface area (Å²) in [7, 11) is 0. The molecule has 2 saturated heterocycles. The van der Waals surface area contributed by atoms with Crippen LogP contribution in [0, 0.1) is 5.92 Å². The van der Waals surface area contributed by atoms with Gasteiger partial charge in [0.1, 0.15) is 0 Å². The number of hydrogen-bond donors (Lipinski definition) is 1. The molecule has 0 aromatic carbocycles. The Balaban J connectivity index is 1.36. The molecule has 1 atom stereocenters. The molecule has 0 radical (unpaired) electrons. The van der Waals surface area contributed by atoms with E-state index < -0.39 is 0 Å². The number of nitrogens with one attached hydrogen (secondary N) is 1. The number of amides is 2. The van der Waals surface area contributed by atoms with Crippen LogP contribution in [0.2, 0.25) is 0 Å². The Kier molecular flexibility index (Phi) is 5.34. The summed E-state index contributed by atoms with van der Waals surface area (Å²) in [5.74, 6) is 0.138. The van der Waals surface area contributed by atoms with Crippen LogP contribution in [0.5, 0.6) is 0 Å². The van der Waals surface area contributed by atoms with Crippen LogP contribution in [0.1, 0.15) is 51.4 Å². The van der Waals surface area contributed by atoms with E-state index in [0.29, 0.717) is 19.0 Å². The molecule has 1 saturated carbocycles. The van der Waals surface area contributed by atoms with Crippen LogP contribution < -0.4 is 5.32 Å². The van der Waals surface area contributed by atoms with Crippen molar-refractivity contribution in [2.75, 3.05) is 32.7 Å². The van der Waals surface area contributed by atoms with Crippen LogP contribution in [-0.4, -0.2) is 60.4 Å². The normalized spacial score (nSPS) is 27.0. The van der Waals surface area contributed by atoms with Crippen molar-refractivity contribution in [3.8, 4) is 0 Å². The molecule has 124 valence electrons. The Morgan fingerprint density at radius 3 is 2.59 bits per heavy atom. The summed E-state index contributed by atoms with van der Waals surface area (Å²) < 4.78 is 0. The summed E-state index contributed by atoms with van der Waals surface area (Å²) in [4.78, 5) is 28.8. The van der Waals surface area contributed by atoms with Crippen LogP contribution in [0.3, 0.4) is 0 Å². The smallest absolute Gasteiger partial charge is 0.225 e. The summed E-state index contributed by atoms with van der Waals surface area (Å²) in [5, 5.41) is 3.04. The minimum absolute atomic E-state index is 0.0790. The van der Waals surface area contributed by atoms with Gasteiger partial charge in [-0.1, -0.05) is 12.8 Å². The van der Waals surface area contributed by atoms with Crippen molar-refractivity contribution in [3.05, 3.63) is 0 Å². The number of rotatable bonds is 6. The topological polar surface area (TPSA) is 52.7 Å². The summed E-state index contributed by atoms with van der Waals surface area (Å²) >= 11 is 0. The van der Waals surface area contributed by atoms with E-state index in [9.17, 15) is 9.59 Å². The van der Waals surface area contributed by atoms with Gasteiger partial charge in [0.15, 0.2) is 0 Å². The lowest BCUT2D eigenvalue weighted by molar-refractivity contribution is -0.130. The van der Waals surface area contributed by atoms with E-state index >= 15 is 0 Å². The molecule has 3 rings (SSSR count). The van der Waals surface area contributed by atoms with Gasteiger partial charge in [-0.25, -0.2) is 0 Å². The molecule has 2 aliphatic heterocycles. The second-order valence-electron chi connectivity index (χ2n) is 7.08. The van der Waals surface area contributed by atoms with Crippen LogP contribution >= 0.6 is 0 Å². The fourth-order valence-corrected chi connectivity index (χ4v) is 4.14. The second kappa shape index (κ2) is 7.44. The van der Waals surface area contributed by atoms with Gasteiger partial charge in [-0.3, -0.25) is 9.59 Å². The molecule has 0 bridgehead atoms. The molecule has 0 unspecified atom stereocenters. The minimum Gasteiger partial charge on any atom is -0.356 e. The Bertz CT molecular complexity index is 401. The highest BCUT2D eigenvalue weighted by Crippen LogP contribution is 2.29. The van der Waals surface area contributed by atoms with Crippen molar-refractivity contribution in [2.45, 2.75) is 57.4 Å². The highest BCUT2D eigenvalue weighted by Gasteiger charge is 2.38. The Hall–Kier alpha value is -1.10. The minimum atomic E-state index is -0.125. The lowest BCUT2D eigenvalue weighted by Gasteiger charge is -2.23. The maximum absolute atomic E-state index is 12.2. The van der Waals surface area contributed by atoms with Gasteiger partial charge in [-0.05, 0) is 51.7 Å². The number of nitrogens with zero attached hydrogens (tertiary/aromatic N) is 2. The molecule has 2 amide bonds. The average Bonchev–Trinajstić information content (AvgIpc) is 3.24. The first-order valence-corrected chi connectivity index (χ1v) is 9.03.